The van der Waals surface area contributed by atoms with E-state index in [0.717, 1.165) is 18.6 Å². The van der Waals surface area contributed by atoms with E-state index in [9.17, 15) is 4.79 Å². The zero-order chi connectivity index (χ0) is 18.9. The van der Waals surface area contributed by atoms with Crippen molar-refractivity contribution >= 4 is 23.2 Å². The van der Waals surface area contributed by atoms with Gasteiger partial charge in [-0.3, -0.25) is 15.6 Å². The van der Waals surface area contributed by atoms with Gasteiger partial charge < -0.3 is 10.1 Å². The zero-order valence-corrected chi connectivity index (χ0v) is 16.8. The summed E-state index contributed by atoms with van der Waals surface area (Å²) in [7, 11) is 0. The SMILES string of the molecule is CC(C)CCOc1ccc(C(=O)NNC(=S)N[C@H]2CCCC[C@@H]2C)cc1. The average Bonchev–Trinajstić information content (AvgIpc) is 2.62. The van der Waals surface area contributed by atoms with Crippen molar-refractivity contribution in [2.75, 3.05) is 6.61 Å². The lowest BCUT2D eigenvalue weighted by Crippen LogP contribution is -2.51. The smallest absolute Gasteiger partial charge is 0.269 e. The number of ether oxygens (including phenoxy) is 1. The molecule has 0 spiro atoms. The fourth-order valence-corrected chi connectivity index (χ4v) is 3.24. The number of thiocarbonyl (C=S) groups is 1. The van der Waals surface area contributed by atoms with Gasteiger partial charge in [0.2, 0.25) is 0 Å². The van der Waals surface area contributed by atoms with E-state index in [4.69, 9.17) is 17.0 Å². The van der Waals surface area contributed by atoms with E-state index >= 15 is 0 Å². The van der Waals surface area contributed by atoms with Gasteiger partial charge in [0, 0.05) is 11.6 Å². The van der Waals surface area contributed by atoms with Crippen molar-refractivity contribution in [3.8, 4) is 5.75 Å². The van der Waals surface area contributed by atoms with E-state index in [1.165, 1.54) is 19.3 Å². The molecule has 1 aliphatic carbocycles. The molecule has 2 atom stereocenters. The Hall–Kier alpha value is -1.82. The van der Waals surface area contributed by atoms with Gasteiger partial charge in [0.05, 0.1) is 6.61 Å². The van der Waals surface area contributed by atoms with Crippen molar-refractivity contribution in [3.05, 3.63) is 29.8 Å². The van der Waals surface area contributed by atoms with Crippen LogP contribution in [0.1, 0.15) is 63.2 Å². The molecule has 0 unspecified atom stereocenters. The van der Waals surface area contributed by atoms with Gasteiger partial charge >= 0.3 is 0 Å². The first-order valence-corrected chi connectivity index (χ1v) is 9.96. The Bertz CT molecular complexity index is 589. The molecule has 2 rings (SSSR count). The molecule has 1 saturated carbocycles. The summed E-state index contributed by atoms with van der Waals surface area (Å²) in [5, 5.41) is 3.77. The van der Waals surface area contributed by atoms with Gasteiger partial charge in [-0.1, -0.05) is 33.6 Å². The molecule has 3 N–H and O–H groups in total. The molecule has 0 bridgehead atoms. The minimum absolute atomic E-state index is 0.223. The quantitative estimate of drug-likeness (QED) is 0.520. The summed E-state index contributed by atoms with van der Waals surface area (Å²) in [6.07, 6.45) is 5.86. The van der Waals surface area contributed by atoms with Crippen LogP contribution in [-0.2, 0) is 0 Å². The number of benzene rings is 1. The molecule has 26 heavy (non-hydrogen) atoms. The summed E-state index contributed by atoms with van der Waals surface area (Å²) in [6.45, 7) is 7.25. The Labute approximate surface area is 162 Å². The van der Waals surface area contributed by atoms with Gasteiger partial charge in [-0.15, -0.1) is 0 Å². The maximum Gasteiger partial charge on any atom is 0.269 e. The molecule has 6 heteroatoms. The van der Waals surface area contributed by atoms with E-state index in [1.807, 2.05) is 12.1 Å². The van der Waals surface area contributed by atoms with E-state index in [1.54, 1.807) is 12.1 Å². The Morgan fingerprint density at radius 1 is 1.19 bits per heavy atom. The molecule has 1 aromatic carbocycles. The van der Waals surface area contributed by atoms with Crippen LogP contribution in [0.2, 0.25) is 0 Å². The molecule has 1 aliphatic rings. The molecule has 1 aromatic rings. The van der Waals surface area contributed by atoms with Gasteiger partial charge in [-0.05, 0) is 67.6 Å². The van der Waals surface area contributed by atoms with Crippen LogP contribution >= 0.6 is 12.2 Å². The van der Waals surface area contributed by atoms with Crippen molar-refractivity contribution in [2.45, 2.75) is 58.9 Å². The van der Waals surface area contributed by atoms with E-state index in [0.29, 0.717) is 35.2 Å². The summed E-state index contributed by atoms with van der Waals surface area (Å²) in [5.41, 5.74) is 6.00. The lowest BCUT2D eigenvalue weighted by Gasteiger charge is -2.30. The van der Waals surface area contributed by atoms with Gasteiger partial charge in [-0.2, -0.15) is 0 Å². The highest BCUT2D eigenvalue weighted by atomic mass is 32.1. The first-order chi connectivity index (χ1) is 12.5. The number of rotatable bonds is 6. The second-order valence-corrected chi connectivity index (χ2v) is 7.88. The molecule has 0 heterocycles. The molecule has 144 valence electrons. The normalized spacial score (nSPS) is 19.7. The van der Waals surface area contributed by atoms with Crippen molar-refractivity contribution < 1.29 is 9.53 Å². The highest BCUT2D eigenvalue weighted by molar-refractivity contribution is 7.80. The third kappa shape index (κ3) is 6.83. The monoisotopic (exact) mass is 377 g/mol. The first kappa shape index (κ1) is 20.5. The minimum atomic E-state index is -0.223. The molecule has 0 saturated heterocycles. The van der Waals surface area contributed by atoms with Crippen LogP contribution in [-0.4, -0.2) is 23.7 Å². The van der Waals surface area contributed by atoms with E-state index in [2.05, 4.69) is 36.9 Å². The molecule has 0 aliphatic heterocycles. The molecule has 0 radical (unpaired) electrons. The van der Waals surface area contributed by atoms with Crippen LogP contribution in [0.15, 0.2) is 24.3 Å². The Kier molecular flexibility index (Phi) is 8.16. The molecule has 5 nitrogen and oxygen atoms in total. The lowest BCUT2D eigenvalue weighted by molar-refractivity contribution is 0.0943. The maximum atomic E-state index is 12.2. The van der Waals surface area contributed by atoms with Crippen LogP contribution in [0.3, 0.4) is 0 Å². The largest absolute Gasteiger partial charge is 0.494 e. The average molecular weight is 378 g/mol. The van der Waals surface area contributed by atoms with Gasteiger partial charge in [-0.25, -0.2) is 0 Å². The molecular weight excluding hydrogens is 346 g/mol. The number of carbonyl (C=O) groups excluding carboxylic acids is 1. The highest BCUT2D eigenvalue weighted by Crippen LogP contribution is 2.23. The second kappa shape index (κ2) is 10.4. The summed E-state index contributed by atoms with van der Waals surface area (Å²) in [4.78, 5) is 12.2. The molecule has 1 fully saturated rings. The summed E-state index contributed by atoms with van der Waals surface area (Å²) >= 11 is 5.29. The van der Waals surface area contributed by atoms with Crippen molar-refractivity contribution in [1.82, 2.24) is 16.2 Å². The first-order valence-electron chi connectivity index (χ1n) is 9.55. The summed E-state index contributed by atoms with van der Waals surface area (Å²) in [5.74, 6) is 1.76. The van der Waals surface area contributed by atoms with Crippen molar-refractivity contribution in [2.24, 2.45) is 11.8 Å². The Balaban J connectivity index is 1.73. The third-order valence-corrected chi connectivity index (χ3v) is 5.02. The van der Waals surface area contributed by atoms with Crippen molar-refractivity contribution in [3.63, 3.8) is 0 Å². The number of nitrogens with one attached hydrogen (secondary N) is 3. The van der Waals surface area contributed by atoms with Crippen LogP contribution in [0.25, 0.3) is 0 Å². The van der Waals surface area contributed by atoms with Crippen LogP contribution in [0, 0.1) is 11.8 Å². The number of hydrogen-bond donors (Lipinski definition) is 3. The second-order valence-electron chi connectivity index (χ2n) is 7.48. The standard InChI is InChI=1S/C20H31N3O2S/c1-14(2)12-13-25-17-10-8-16(9-11-17)19(24)22-23-20(26)21-18-7-5-4-6-15(18)3/h8-11,14-15,18H,4-7,12-13H2,1-3H3,(H,22,24)(H2,21,23,26)/t15-,18-/m0/s1. The van der Waals surface area contributed by atoms with Crippen LogP contribution < -0.4 is 20.9 Å². The fourth-order valence-electron chi connectivity index (χ4n) is 3.04. The van der Waals surface area contributed by atoms with E-state index in [-0.39, 0.29) is 5.91 Å². The Morgan fingerprint density at radius 3 is 2.54 bits per heavy atom. The predicted octanol–water partition coefficient (Wildman–Crippen LogP) is 3.80. The highest BCUT2D eigenvalue weighted by Gasteiger charge is 2.21. The van der Waals surface area contributed by atoms with Gasteiger partial charge in [0.1, 0.15) is 5.75 Å². The van der Waals surface area contributed by atoms with E-state index < -0.39 is 0 Å². The van der Waals surface area contributed by atoms with Crippen molar-refractivity contribution in [1.29, 1.82) is 0 Å². The minimum Gasteiger partial charge on any atom is -0.494 e. The molecule has 1 amide bonds. The van der Waals surface area contributed by atoms with Crippen LogP contribution in [0.5, 0.6) is 5.75 Å². The van der Waals surface area contributed by atoms with Gasteiger partial charge in [0.15, 0.2) is 5.11 Å². The third-order valence-electron chi connectivity index (χ3n) is 4.80. The zero-order valence-electron chi connectivity index (χ0n) is 16.0. The number of amides is 1. The topological polar surface area (TPSA) is 62.4 Å². The molecule has 0 aromatic heterocycles. The molecular formula is C20H31N3O2S. The van der Waals surface area contributed by atoms with Crippen LogP contribution in [0.4, 0.5) is 0 Å². The number of carbonyl (C=O) groups is 1. The summed E-state index contributed by atoms with van der Waals surface area (Å²) < 4.78 is 5.67. The maximum absolute atomic E-state index is 12.2. The lowest BCUT2D eigenvalue weighted by atomic mass is 9.86. The fraction of sp³-hybridized carbons (Fsp3) is 0.600. The van der Waals surface area contributed by atoms with Gasteiger partial charge in [0.25, 0.3) is 5.91 Å². The predicted molar refractivity (Wildman–Crippen MR) is 109 cm³/mol. The summed E-state index contributed by atoms with van der Waals surface area (Å²) in [6, 6.07) is 7.51. The number of hydrazine groups is 1. The number of hydrogen-bond acceptors (Lipinski definition) is 3. The Morgan fingerprint density at radius 2 is 1.88 bits per heavy atom.